The molecule has 7 heteroatoms. The number of aromatic nitrogens is 1. The first-order valence-electron chi connectivity index (χ1n) is 7.65. The van der Waals surface area contributed by atoms with Gasteiger partial charge in [0.1, 0.15) is 0 Å². The van der Waals surface area contributed by atoms with Crippen LogP contribution in [-0.4, -0.2) is 23.1 Å². The second-order valence-corrected chi connectivity index (χ2v) is 7.13. The van der Waals surface area contributed by atoms with Crippen molar-refractivity contribution >= 4 is 50.8 Å². The second kappa shape index (κ2) is 7.58. The number of thiazole rings is 1. The maximum atomic E-state index is 12.1. The Morgan fingerprint density at radius 3 is 2.88 bits per heavy atom. The van der Waals surface area contributed by atoms with Gasteiger partial charge in [0.05, 0.1) is 22.4 Å². The highest BCUT2D eigenvalue weighted by atomic mass is 32.1. The molecule has 25 heavy (non-hydrogen) atoms. The number of hydrogen-bond donors (Lipinski definition) is 0. The molecule has 0 saturated heterocycles. The van der Waals surface area contributed by atoms with Gasteiger partial charge in [-0.05, 0) is 42.6 Å². The van der Waals surface area contributed by atoms with Crippen molar-refractivity contribution in [2.45, 2.75) is 6.92 Å². The largest absolute Gasteiger partial charge is 0.462 e. The van der Waals surface area contributed by atoms with E-state index in [1.807, 2.05) is 35.2 Å². The van der Waals surface area contributed by atoms with Crippen molar-refractivity contribution in [3.63, 3.8) is 0 Å². The highest BCUT2D eigenvalue weighted by molar-refractivity contribution is 7.16. The molecule has 2 aromatic heterocycles. The fourth-order valence-corrected chi connectivity index (χ4v) is 3.93. The molecular weight excluding hydrogens is 356 g/mol. The number of thiophene rings is 1. The number of ether oxygens (including phenoxy) is 1. The van der Waals surface area contributed by atoms with E-state index in [9.17, 15) is 9.59 Å². The van der Waals surface area contributed by atoms with E-state index in [0.29, 0.717) is 17.0 Å². The standard InChI is InChI=1S/C18H16N2O3S2/c1-3-23-17(22)12-6-8-14-15(11-12)25-18(20(14)2)19-16(21)9-7-13-5-4-10-24-13/h4-11H,3H2,1-2H3/b9-7+,19-18?. The third kappa shape index (κ3) is 3.94. The van der Waals surface area contributed by atoms with Crippen LogP contribution in [0.2, 0.25) is 0 Å². The monoisotopic (exact) mass is 372 g/mol. The molecule has 0 N–H and O–H groups in total. The molecule has 0 bridgehead atoms. The number of carbonyl (C=O) groups excluding carboxylic acids is 2. The van der Waals surface area contributed by atoms with Gasteiger partial charge in [-0.2, -0.15) is 4.99 Å². The van der Waals surface area contributed by atoms with Gasteiger partial charge in [-0.25, -0.2) is 4.79 Å². The highest BCUT2D eigenvalue weighted by Crippen LogP contribution is 2.19. The van der Waals surface area contributed by atoms with E-state index in [4.69, 9.17) is 4.74 Å². The summed E-state index contributed by atoms with van der Waals surface area (Å²) in [4.78, 5) is 29.6. The van der Waals surface area contributed by atoms with Crippen molar-refractivity contribution in [3.8, 4) is 0 Å². The minimum atomic E-state index is -0.353. The summed E-state index contributed by atoms with van der Waals surface area (Å²) in [6, 6.07) is 9.19. The SMILES string of the molecule is CCOC(=O)c1ccc2c(c1)sc(=NC(=O)/C=C/c1cccs1)n2C. The third-order valence-corrected chi connectivity index (χ3v) is 5.39. The Morgan fingerprint density at radius 2 is 2.16 bits per heavy atom. The van der Waals surface area contributed by atoms with E-state index in [0.717, 1.165) is 15.1 Å². The van der Waals surface area contributed by atoms with Gasteiger partial charge in [0.2, 0.25) is 0 Å². The molecule has 128 valence electrons. The number of hydrogen-bond acceptors (Lipinski definition) is 5. The number of esters is 1. The lowest BCUT2D eigenvalue weighted by Crippen LogP contribution is -2.12. The first-order chi connectivity index (χ1) is 12.1. The Balaban J connectivity index is 1.92. The van der Waals surface area contributed by atoms with Gasteiger partial charge in [-0.3, -0.25) is 4.79 Å². The van der Waals surface area contributed by atoms with Crippen molar-refractivity contribution in [3.05, 3.63) is 57.0 Å². The summed E-state index contributed by atoms with van der Waals surface area (Å²) in [5.74, 6) is -0.671. The smallest absolute Gasteiger partial charge is 0.338 e. The number of rotatable bonds is 4. The van der Waals surface area contributed by atoms with Crippen LogP contribution in [0.4, 0.5) is 0 Å². The molecule has 1 amide bonds. The van der Waals surface area contributed by atoms with Crippen molar-refractivity contribution < 1.29 is 14.3 Å². The van der Waals surface area contributed by atoms with E-state index >= 15 is 0 Å². The van der Waals surface area contributed by atoms with Crippen molar-refractivity contribution in [2.24, 2.45) is 12.0 Å². The second-order valence-electron chi connectivity index (χ2n) is 5.15. The topological polar surface area (TPSA) is 60.7 Å². The van der Waals surface area contributed by atoms with Crippen LogP contribution >= 0.6 is 22.7 Å². The number of carbonyl (C=O) groups is 2. The molecule has 0 aliphatic carbocycles. The average Bonchev–Trinajstić information content (AvgIpc) is 3.22. The van der Waals surface area contributed by atoms with Crippen molar-refractivity contribution in [1.82, 2.24) is 4.57 Å². The molecule has 0 fully saturated rings. The quantitative estimate of drug-likeness (QED) is 0.519. The first-order valence-corrected chi connectivity index (χ1v) is 9.35. The zero-order valence-electron chi connectivity index (χ0n) is 13.8. The number of benzene rings is 1. The minimum absolute atomic E-state index is 0.318. The summed E-state index contributed by atoms with van der Waals surface area (Å²) in [7, 11) is 1.85. The van der Waals surface area contributed by atoms with Crippen LogP contribution in [0, 0.1) is 0 Å². The summed E-state index contributed by atoms with van der Waals surface area (Å²) >= 11 is 2.92. The van der Waals surface area contributed by atoms with E-state index < -0.39 is 0 Å². The van der Waals surface area contributed by atoms with Gasteiger partial charge in [0.15, 0.2) is 4.80 Å². The molecule has 0 spiro atoms. The van der Waals surface area contributed by atoms with E-state index in [1.165, 1.54) is 17.4 Å². The predicted molar refractivity (Wildman–Crippen MR) is 101 cm³/mol. The van der Waals surface area contributed by atoms with Crippen LogP contribution in [0.15, 0.2) is 46.8 Å². The Hall–Kier alpha value is -2.51. The molecule has 0 saturated carbocycles. The molecular formula is C18H16N2O3S2. The van der Waals surface area contributed by atoms with Gasteiger partial charge in [-0.15, -0.1) is 11.3 Å². The Bertz CT molecular complexity index is 1010. The summed E-state index contributed by atoms with van der Waals surface area (Å²) in [6.45, 7) is 2.11. The number of fused-ring (bicyclic) bond motifs is 1. The van der Waals surface area contributed by atoms with Crippen molar-refractivity contribution in [2.75, 3.05) is 6.61 Å². The Morgan fingerprint density at radius 1 is 1.32 bits per heavy atom. The summed E-state index contributed by atoms with van der Waals surface area (Å²) in [5.41, 5.74) is 1.40. The minimum Gasteiger partial charge on any atom is -0.462 e. The first kappa shape index (κ1) is 17.3. The van der Waals surface area contributed by atoms with Crippen LogP contribution in [0.3, 0.4) is 0 Å². The Labute approximate surface area is 152 Å². The van der Waals surface area contributed by atoms with Crippen LogP contribution in [0.1, 0.15) is 22.2 Å². The molecule has 0 aliphatic heterocycles. The normalized spacial score (nSPS) is 12.2. The van der Waals surface area contributed by atoms with Crippen LogP contribution < -0.4 is 4.80 Å². The highest BCUT2D eigenvalue weighted by Gasteiger charge is 2.10. The van der Waals surface area contributed by atoms with Crippen LogP contribution in [0.5, 0.6) is 0 Å². The molecule has 5 nitrogen and oxygen atoms in total. The molecule has 0 unspecified atom stereocenters. The summed E-state index contributed by atoms with van der Waals surface area (Å²) < 4.78 is 7.73. The molecule has 0 radical (unpaired) electrons. The van der Waals surface area contributed by atoms with E-state index in [2.05, 4.69) is 4.99 Å². The maximum absolute atomic E-state index is 12.1. The average molecular weight is 372 g/mol. The predicted octanol–water partition coefficient (Wildman–Crippen LogP) is 3.62. The fraction of sp³-hybridized carbons (Fsp3) is 0.167. The maximum Gasteiger partial charge on any atom is 0.338 e. The zero-order valence-corrected chi connectivity index (χ0v) is 15.4. The van der Waals surface area contributed by atoms with Gasteiger partial charge < -0.3 is 9.30 Å². The number of amides is 1. The lowest BCUT2D eigenvalue weighted by atomic mass is 10.2. The molecule has 3 rings (SSSR count). The zero-order chi connectivity index (χ0) is 17.8. The number of nitrogens with zero attached hydrogens (tertiary/aromatic N) is 2. The summed E-state index contributed by atoms with van der Waals surface area (Å²) in [5, 5.41) is 1.95. The van der Waals surface area contributed by atoms with Gasteiger partial charge in [0.25, 0.3) is 5.91 Å². The molecule has 0 aliphatic rings. The van der Waals surface area contributed by atoms with Gasteiger partial charge in [-0.1, -0.05) is 17.4 Å². The fourth-order valence-electron chi connectivity index (χ4n) is 2.25. The third-order valence-electron chi connectivity index (χ3n) is 3.46. The summed E-state index contributed by atoms with van der Waals surface area (Å²) in [6.07, 6.45) is 3.21. The van der Waals surface area contributed by atoms with Crippen LogP contribution in [0.25, 0.3) is 16.3 Å². The lowest BCUT2D eigenvalue weighted by molar-refractivity contribution is -0.113. The van der Waals surface area contributed by atoms with Crippen molar-refractivity contribution in [1.29, 1.82) is 0 Å². The Kier molecular flexibility index (Phi) is 5.25. The van der Waals surface area contributed by atoms with Gasteiger partial charge in [0, 0.05) is 18.0 Å². The van der Waals surface area contributed by atoms with Gasteiger partial charge >= 0.3 is 5.97 Å². The van der Waals surface area contributed by atoms with E-state index in [1.54, 1.807) is 36.5 Å². The number of aryl methyl sites for hydroxylation is 1. The van der Waals surface area contributed by atoms with E-state index in [-0.39, 0.29) is 11.9 Å². The molecule has 1 aromatic carbocycles. The molecule has 0 atom stereocenters. The molecule has 2 heterocycles. The van der Waals surface area contributed by atoms with Crippen LogP contribution in [-0.2, 0) is 16.6 Å². The molecule has 3 aromatic rings. The lowest BCUT2D eigenvalue weighted by Gasteiger charge is -2.01.